The zero-order chi connectivity index (χ0) is 15.6. The van der Waals surface area contributed by atoms with E-state index in [4.69, 9.17) is 10.5 Å². The lowest BCUT2D eigenvalue weighted by Crippen LogP contribution is -2.19. The van der Waals surface area contributed by atoms with Gasteiger partial charge in [0.1, 0.15) is 18.2 Å². The van der Waals surface area contributed by atoms with Gasteiger partial charge in [-0.05, 0) is 48.2 Å². The topological polar surface area (TPSA) is 55.5 Å². The fourth-order valence-electron chi connectivity index (χ4n) is 2.50. The maximum absolute atomic E-state index is 9.69. The first-order valence-corrected chi connectivity index (χ1v) is 7.10. The lowest BCUT2D eigenvalue weighted by atomic mass is 9.77. The maximum Gasteiger partial charge on any atom is 0.137 e. The predicted octanol–water partition coefficient (Wildman–Crippen LogP) is 3.63. The van der Waals surface area contributed by atoms with Crippen molar-refractivity contribution >= 4 is 0 Å². The molecule has 0 spiro atoms. The van der Waals surface area contributed by atoms with Crippen LogP contribution in [-0.2, 0) is 5.41 Å². The Kier molecular flexibility index (Phi) is 4.24. The molecule has 0 aliphatic heterocycles. The Hall–Kier alpha value is -2.00. The molecule has 2 aromatic carbocycles. The summed E-state index contributed by atoms with van der Waals surface area (Å²) in [5.74, 6) is 1.15. The first-order valence-electron chi connectivity index (χ1n) is 7.10. The van der Waals surface area contributed by atoms with Gasteiger partial charge in [-0.15, -0.1) is 0 Å². The van der Waals surface area contributed by atoms with Crippen LogP contribution in [0.2, 0.25) is 0 Å². The van der Waals surface area contributed by atoms with Gasteiger partial charge < -0.3 is 9.84 Å². The summed E-state index contributed by atoms with van der Waals surface area (Å²) < 4.78 is 5.39. The summed E-state index contributed by atoms with van der Waals surface area (Å²) in [7, 11) is 0. The molecule has 0 fully saturated rings. The number of hydrogen-bond donors (Lipinski definition) is 2. The monoisotopic (exact) mass is 285 g/mol. The van der Waals surface area contributed by atoms with Crippen molar-refractivity contribution in [2.75, 3.05) is 6.73 Å². The molecule has 0 unspecified atom stereocenters. The molecule has 0 aliphatic rings. The van der Waals surface area contributed by atoms with Crippen LogP contribution in [-0.4, -0.2) is 11.8 Å². The number of hydrogen-bond acceptors (Lipinski definition) is 3. The van der Waals surface area contributed by atoms with Crippen LogP contribution in [0.1, 0.15) is 36.1 Å². The van der Waals surface area contributed by atoms with Gasteiger partial charge in [0.25, 0.3) is 0 Å². The fraction of sp³-hybridized carbons (Fsp3) is 0.333. The molecule has 2 rings (SSSR count). The van der Waals surface area contributed by atoms with E-state index in [1.807, 2.05) is 32.0 Å². The SMILES string of the molecule is Cc1cc(C(C)(C)c2ccc(OCN)c(C)c2)ccc1O. The quantitative estimate of drug-likeness (QED) is 0.843. The fourth-order valence-corrected chi connectivity index (χ4v) is 2.50. The van der Waals surface area contributed by atoms with Gasteiger partial charge in [-0.3, -0.25) is 5.73 Å². The van der Waals surface area contributed by atoms with Crippen LogP contribution in [0.3, 0.4) is 0 Å². The maximum atomic E-state index is 9.69. The van der Waals surface area contributed by atoms with Crippen molar-refractivity contribution in [1.82, 2.24) is 0 Å². The summed E-state index contributed by atoms with van der Waals surface area (Å²) in [6, 6.07) is 11.9. The van der Waals surface area contributed by atoms with Gasteiger partial charge in [0, 0.05) is 5.41 Å². The first-order chi connectivity index (χ1) is 9.86. The van der Waals surface area contributed by atoms with Gasteiger partial charge in [-0.1, -0.05) is 38.1 Å². The smallest absolute Gasteiger partial charge is 0.137 e. The van der Waals surface area contributed by atoms with Crippen LogP contribution < -0.4 is 10.5 Å². The first kappa shape index (κ1) is 15.4. The van der Waals surface area contributed by atoms with E-state index < -0.39 is 0 Å². The van der Waals surface area contributed by atoms with Crippen molar-refractivity contribution in [2.45, 2.75) is 33.1 Å². The van der Waals surface area contributed by atoms with Gasteiger partial charge in [0.05, 0.1) is 0 Å². The molecule has 0 bridgehead atoms. The van der Waals surface area contributed by atoms with E-state index in [0.717, 1.165) is 16.9 Å². The van der Waals surface area contributed by atoms with Crippen LogP contribution >= 0.6 is 0 Å². The highest BCUT2D eigenvalue weighted by molar-refractivity contribution is 5.46. The molecule has 112 valence electrons. The minimum Gasteiger partial charge on any atom is -0.508 e. The van der Waals surface area contributed by atoms with Crippen LogP contribution in [0, 0.1) is 13.8 Å². The van der Waals surface area contributed by atoms with E-state index in [1.54, 1.807) is 6.07 Å². The third kappa shape index (κ3) is 3.03. The molecule has 0 saturated heterocycles. The molecule has 2 aromatic rings. The molecule has 0 aliphatic carbocycles. The summed E-state index contributed by atoms with van der Waals surface area (Å²) in [4.78, 5) is 0. The number of nitrogens with two attached hydrogens (primary N) is 1. The molecule has 3 nitrogen and oxygen atoms in total. The average molecular weight is 285 g/mol. The minimum absolute atomic E-state index is 0.148. The lowest BCUT2D eigenvalue weighted by molar-refractivity contribution is 0.327. The van der Waals surface area contributed by atoms with E-state index in [-0.39, 0.29) is 12.1 Å². The standard InChI is InChI=1S/C18H23NO2/c1-12-9-14(5-7-16(12)20)18(3,4)15-6-8-17(21-11-19)13(2)10-15/h5-10,20H,11,19H2,1-4H3. The number of benzene rings is 2. The molecule has 0 heterocycles. The van der Waals surface area contributed by atoms with Gasteiger partial charge in [-0.2, -0.15) is 0 Å². The lowest BCUT2D eigenvalue weighted by Gasteiger charge is -2.27. The highest BCUT2D eigenvalue weighted by Crippen LogP contribution is 2.35. The molecule has 0 aromatic heterocycles. The second-order valence-electron chi connectivity index (χ2n) is 5.92. The van der Waals surface area contributed by atoms with E-state index in [9.17, 15) is 5.11 Å². The van der Waals surface area contributed by atoms with Crippen LogP contribution in [0.5, 0.6) is 11.5 Å². The summed E-state index contributed by atoms with van der Waals surface area (Å²) in [5, 5.41) is 9.69. The second kappa shape index (κ2) is 5.78. The molecule has 3 heteroatoms. The van der Waals surface area contributed by atoms with Crippen LogP contribution in [0.15, 0.2) is 36.4 Å². The molecular weight excluding hydrogens is 262 g/mol. The normalized spacial score (nSPS) is 11.5. The molecular formula is C18H23NO2. The number of ether oxygens (including phenoxy) is 1. The third-order valence-corrected chi connectivity index (χ3v) is 4.05. The Bertz CT molecular complexity index is 648. The molecule has 21 heavy (non-hydrogen) atoms. The Labute approximate surface area is 126 Å². The van der Waals surface area contributed by atoms with Crippen molar-refractivity contribution in [3.05, 3.63) is 58.7 Å². The van der Waals surface area contributed by atoms with Crippen molar-refractivity contribution < 1.29 is 9.84 Å². The third-order valence-electron chi connectivity index (χ3n) is 4.05. The molecule has 0 atom stereocenters. The minimum atomic E-state index is -0.148. The molecule has 3 N–H and O–H groups in total. The van der Waals surface area contributed by atoms with Crippen molar-refractivity contribution in [3.8, 4) is 11.5 Å². The molecule has 0 amide bonds. The highest BCUT2D eigenvalue weighted by Gasteiger charge is 2.24. The van der Waals surface area contributed by atoms with Crippen molar-refractivity contribution in [3.63, 3.8) is 0 Å². The van der Waals surface area contributed by atoms with E-state index in [1.165, 1.54) is 11.1 Å². The van der Waals surface area contributed by atoms with Crippen molar-refractivity contribution in [2.24, 2.45) is 5.73 Å². The summed E-state index contributed by atoms with van der Waals surface area (Å²) >= 11 is 0. The van der Waals surface area contributed by atoms with E-state index in [0.29, 0.717) is 5.75 Å². The summed E-state index contributed by atoms with van der Waals surface area (Å²) in [5.41, 5.74) is 9.62. The number of phenolic OH excluding ortho intramolecular Hbond substituents is 1. The Morgan fingerprint density at radius 1 is 1.00 bits per heavy atom. The van der Waals surface area contributed by atoms with Crippen LogP contribution in [0.25, 0.3) is 0 Å². The van der Waals surface area contributed by atoms with Crippen LogP contribution in [0.4, 0.5) is 0 Å². The van der Waals surface area contributed by atoms with E-state index in [2.05, 4.69) is 26.0 Å². The summed E-state index contributed by atoms with van der Waals surface area (Å²) in [6.07, 6.45) is 0. The molecule has 0 radical (unpaired) electrons. The van der Waals surface area contributed by atoms with Gasteiger partial charge in [0.15, 0.2) is 0 Å². The predicted molar refractivity (Wildman–Crippen MR) is 85.8 cm³/mol. The number of phenols is 1. The number of rotatable bonds is 4. The van der Waals surface area contributed by atoms with Gasteiger partial charge in [-0.25, -0.2) is 0 Å². The highest BCUT2D eigenvalue weighted by atomic mass is 16.5. The second-order valence-corrected chi connectivity index (χ2v) is 5.92. The van der Waals surface area contributed by atoms with Crippen molar-refractivity contribution in [1.29, 1.82) is 0 Å². The van der Waals surface area contributed by atoms with Gasteiger partial charge in [0.2, 0.25) is 0 Å². The number of aryl methyl sites for hydroxylation is 2. The average Bonchev–Trinajstić information content (AvgIpc) is 2.44. The van der Waals surface area contributed by atoms with E-state index >= 15 is 0 Å². The summed E-state index contributed by atoms with van der Waals surface area (Å²) in [6.45, 7) is 8.47. The Morgan fingerprint density at radius 2 is 1.57 bits per heavy atom. The largest absolute Gasteiger partial charge is 0.508 e. The Morgan fingerprint density at radius 3 is 2.10 bits per heavy atom. The van der Waals surface area contributed by atoms with Gasteiger partial charge >= 0.3 is 0 Å². The molecule has 0 saturated carbocycles. The zero-order valence-electron chi connectivity index (χ0n) is 13.1. The number of aromatic hydroxyl groups is 1. The zero-order valence-corrected chi connectivity index (χ0v) is 13.1. The Balaban J connectivity index is 2.43.